The van der Waals surface area contributed by atoms with Gasteiger partial charge in [0.05, 0.1) is 0 Å². The molecule has 0 bridgehead atoms. The fraction of sp³-hybridized carbons (Fsp3) is 0.538. The molecule has 2 heteroatoms. The molecule has 2 nitrogen and oxygen atoms in total. The summed E-state index contributed by atoms with van der Waals surface area (Å²) in [7, 11) is 0. The average Bonchev–Trinajstić information content (AvgIpc) is 2.67. The molecule has 4 atom stereocenters. The number of hydrogen-bond donors (Lipinski definition) is 2. The third kappa shape index (κ3) is 1.58. The molecule has 2 aliphatic rings. The Morgan fingerprint density at radius 2 is 2.33 bits per heavy atom. The molecule has 1 aromatic carbocycles. The lowest BCUT2D eigenvalue weighted by atomic mass is 10.0. The third-order valence-electron chi connectivity index (χ3n) is 3.91. The van der Waals surface area contributed by atoms with Crippen molar-refractivity contribution in [3.63, 3.8) is 0 Å². The second kappa shape index (κ2) is 3.32. The Morgan fingerprint density at radius 1 is 1.47 bits per heavy atom. The largest absolute Gasteiger partial charge is 0.327 e. The summed E-state index contributed by atoms with van der Waals surface area (Å²) in [6.07, 6.45) is 1.14. The van der Waals surface area contributed by atoms with E-state index in [9.17, 15) is 0 Å². The van der Waals surface area contributed by atoms with Crippen LogP contribution in [0.5, 0.6) is 0 Å². The Labute approximate surface area is 90.9 Å². The van der Waals surface area contributed by atoms with Gasteiger partial charge in [0.15, 0.2) is 0 Å². The molecule has 0 amide bonds. The molecule has 1 aliphatic heterocycles. The molecule has 3 N–H and O–H groups in total. The van der Waals surface area contributed by atoms with Gasteiger partial charge in [-0.15, -0.1) is 0 Å². The number of fused-ring (bicyclic) bond motifs is 1. The van der Waals surface area contributed by atoms with Crippen LogP contribution in [0.25, 0.3) is 0 Å². The fourth-order valence-corrected chi connectivity index (χ4v) is 2.99. The molecular weight excluding hydrogens is 184 g/mol. The first-order valence-corrected chi connectivity index (χ1v) is 5.80. The zero-order valence-electron chi connectivity index (χ0n) is 9.11. The van der Waals surface area contributed by atoms with Crippen LogP contribution in [0.3, 0.4) is 0 Å². The van der Waals surface area contributed by atoms with Gasteiger partial charge in [-0.25, -0.2) is 0 Å². The maximum atomic E-state index is 6.01. The van der Waals surface area contributed by atoms with Crippen LogP contribution in [0.15, 0.2) is 24.3 Å². The normalized spacial score (nSPS) is 37.7. The highest BCUT2D eigenvalue weighted by Gasteiger charge is 2.55. The molecule has 15 heavy (non-hydrogen) atoms. The second-order valence-electron chi connectivity index (χ2n) is 5.03. The van der Waals surface area contributed by atoms with Gasteiger partial charge in [0.25, 0.3) is 0 Å². The minimum atomic E-state index is 0.473. The molecule has 1 heterocycles. The molecule has 2 fully saturated rings. The van der Waals surface area contributed by atoms with Crippen LogP contribution in [0.2, 0.25) is 0 Å². The fourth-order valence-electron chi connectivity index (χ4n) is 2.99. The lowest BCUT2D eigenvalue weighted by Crippen LogP contribution is -2.33. The van der Waals surface area contributed by atoms with Gasteiger partial charge in [-0.1, -0.05) is 29.8 Å². The van der Waals surface area contributed by atoms with Crippen molar-refractivity contribution in [3.05, 3.63) is 35.4 Å². The molecule has 0 radical (unpaired) electrons. The van der Waals surface area contributed by atoms with Gasteiger partial charge in [0, 0.05) is 18.6 Å². The lowest BCUT2D eigenvalue weighted by molar-refractivity contribution is 0.510. The Bertz CT molecular complexity index is 375. The molecule has 1 saturated heterocycles. The van der Waals surface area contributed by atoms with E-state index in [1.54, 1.807) is 0 Å². The number of nitrogens with one attached hydrogen (secondary N) is 1. The van der Waals surface area contributed by atoms with Crippen molar-refractivity contribution in [2.24, 2.45) is 17.6 Å². The Kier molecular flexibility index (Phi) is 2.08. The minimum absolute atomic E-state index is 0.473. The van der Waals surface area contributed by atoms with E-state index in [4.69, 9.17) is 5.73 Å². The Morgan fingerprint density at radius 3 is 3.00 bits per heavy atom. The SMILES string of the molecule is Cc1cccc(CC2NCC3C(N)C23)c1. The van der Waals surface area contributed by atoms with Crippen LogP contribution in [0.4, 0.5) is 0 Å². The number of piperidine rings is 1. The van der Waals surface area contributed by atoms with Crippen molar-refractivity contribution in [1.82, 2.24) is 5.32 Å². The monoisotopic (exact) mass is 202 g/mol. The zero-order chi connectivity index (χ0) is 10.4. The molecule has 0 aromatic heterocycles. The van der Waals surface area contributed by atoms with Crippen molar-refractivity contribution < 1.29 is 0 Å². The Hall–Kier alpha value is -0.860. The van der Waals surface area contributed by atoms with E-state index >= 15 is 0 Å². The number of aryl methyl sites for hydroxylation is 1. The van der Waals surface area contributed by atoms with E-state index in [0.717, 1.165) is 24.8 Å². The maximum Gasteiger partial charge on any atom is 0.0154 e. The Balaban J connectivity index is 1.71. The van der Waals surface area contributed by atoms with E-state index in [2.05, 4.69) is 36.5 Å². The van der Waals surface area contributed by atoms with Crippen molar-refractivity contribution in [1.29, 1.82) is 0 Å². The molecule has 1 aliphatic carbocycles. The van der Waals surface area contributed by atoms with E-state index < -0.39 is 0 Å². The molecule has 0 spiro atoms. The van der Waals surface area contributed by atoms with Crippen LogP contribution < -0.4 is 11.1 Å². The predicted molar refractivity (Wildman–Crippen MR) is 61.6 cm³/mol. The first kappa shape index (κ1) is 9.37. The topological polar surface area (TPSA) is 38.0 Å². The van der Waals surface area contributed by atoms with Crippen LogP contribution in [-0.2, 0) is 6.42 Å². The first-order chi connectivity index (χ1) is 7.25. The highest BCUT2D eigenvalue weighted by atomic mass is 15.1. The van der Waals surface area contributed by atoms with Gasteiger partial charge < -0.3 is 11.1 Å². The number of rotatable bonds is 2. The highest BCUT2D eigenvalue weighted by Crippen LogP contribution is 2.44. The van der Waals surface area contributed by atoms with E-state index in [0.29, 0.717) is 12.1 Å². The molecule has 80 valence electrons. The summed E-state index contributed by atoms with van der Waals surface area (Å²) in [5, 5.41) is 3.57. The molecule has 1 aromatic rings. The van der Waals surface area contributed by atoms with Gasteiger partial charge in [-0.3, -0.25) is 0 Å². The molecular formula is C13H18N2. The maximum absolute atomic E-state index is 6.01. The molecule has 1 saturated carbocycles. The zero-order valence-corrected chi connectivity index (χ0v) is 9.11. The highest BCUT2D eigenvalue weighted by molar-refractivity contribution is 5.25. The number of nitrogens with two attached hydrogens (primary N) is 1. The summed E-state index contributed by atoms with van der Waals surface area (Å²) in [6.45, 7) is 3.28. The van der Waals surface area contributed by atoms with Gasteiger partial charge in [0.2, 0.25) is 0 Å². The average molecular weight is 202 g/mol. The van der Waals surface area contributed by atoms with Crippen molar-refractivity contribution in [3.8, 4) is 0 Å². The van der Waals surface area contributed by atoms with Gasteiger partial charge in [-0.2, -0.15) is 0 Å². The van der Waals surface area contributed by atoms with Gasteiger partial charge >= 0.3 is 0 Å². The van der Waals surface area contributed by atoms with Crippen molar-refractivity contribution in [2.45, 2.75) is 25.4 Å². The van der Waals surface area contributed by atoms with Gasteiger partial charge in [-0.05, 0) is 30.7 Å². The van der Waals surface area contributed by atoms with Crippen molar-refractivity contribution >= 4 is 0 Å². The standard InChI is InChI=1S/C13H18N2/c1-8-3-2-4-9(5-8)6-11-12-10(7-15-11)13(12)14/h2-5,10-13,15H,6-7,14H2,1H3. The molecule has 3 rings (SSSR count). The predicted octanol–water partition coefficient (Wildman–Crippen LogP) is 1.08. The van der Waals surface area contributed by atoms with E-state index in [-0.39, 0.29) is 0 Å². The number of hydrogen-bond acceptors (Lipinski definition) is 2. The van der Waals surface area contributed by atoms with Gasteiger partial charge in [0.1, 0.15) is 0 Å². The van der Waals surface area contributed by atoms with Crippen LogP contribution >= 0.6 is 0 Å². The summed E-state index contributed by atoms with van der Waals surface area (Å²) in [5.74, 6) is 1.50. The van der Waals surface area contributed by atoms with E-state index in [1.807, 2.05) is 0 Å². The quantitative estimate of drug-likeness (QED) is 0.753. The summed E-state index contributed by atoms with van der Waals surface area (Å²) < 4.78 is 0. The third-order valence-corrected chi connectivity index (χ3v) is 3.91. The summed E-state index contributed by atoms with van der Waals surface area (Å²) >= 11 is 0. The number of benzene rings is 1. The summed E-state index contributed by atoms with van der Waals surface area (Å²) in [4.78, 5) is 0. The second-order valence-corrected chi connectivity index (χ2v) is 5.03. The van der Waals surface area contributed by atoms with Crippen LogP contribution in [0.1, 0.15) is 11.1 Å². The first-order valence-electron chi connectivity index (χ1n) is 5.80. The van der Waals surface area contributed by atoms with Crippen LogP contribution in [0, 0.1) is 18.8 Å². The van der Waals surface area contributed by atoms with E-state index in [1.165, 1.54) is 11.1 Å². The van der Waals surface area contributed by atoms with Crippen molar-refractivity contribution in [2.75, 3.05) is 6.54 Å². The lowest BCUT2D eigenvalue weighted by Gasteiger charge is -2.14. The van der Waals surface area contributed by atoms with Crippen LogP contribution in [-0.4, -0.2) is 18.6 Å². The smallest absolute Gasteiger partial charge is 0.0154 e. The molecule has 4 unspecified atom stereocenters. The minimum Gasteiger partial charge on any atom is -0.327 e. The summed E-state index contributed by atoms with van der Waals surface area (Å²) in [6, 6.07) is 9.88. The summed E-state index contributed by atoms with van der Waals surface area (Å²) in [5.41, 5.74) is 8.79.